The fraction of sp³-hybridized carbons (Fsp3) is 0.455. The van der Waals surface area contributed by atoms with Gasteiger partial charge in [0.05, 0.1) is 23.8 Å². The van der Waals surface area contributed by atoms with Crippen molar-refractivity contribution < 1.29 is 35.5 Å². The normalized spacial score (nSPS) is 23.3. The third-order valence-corrected chi connectivity index (χ3v) is 8.64. The Labute approximate surface area is 235 Å². The van der Waals surface area contributed by atoms with E-state index < -0.39 is 35.0 Å². The monoisotopic (exact) mass is 576 g/mol. The van der Waals surface area contributed by atoms with Gasteiger partial charge in [0.25, 0.3) is 0 Å². The van der Waals surface area contributed by atoms with Gasteiger partial charge in [-0.15, -0.1) is 0 Å². The predicted octanol–water partition coefficient (Wildman–Crippen LogP) is 9.53. The predicted molar refractivity (Wildman–Crippen MR) is 144 cm³/mol. The third-order valence-electron chi connectivity index (χ3n) is 8.64. The summed E-state index contributed by atoms with van der Waals surface area (Å²) >= 11 is 0. The number of fused-ring (bicyclic) bond motifs is 1. The molecule has 0 aromatic heterocycles. The molecule has 2 unspecified atom stereocenters. The highest BCUT2D eigenvalue weighted by Gasteiger charge is 2.30. The summed E-state index contributed by atoms with van der Waals surface area (Å²) in [5.74, 6) is 0.268. The van der Waals surface area contributed by atoms with E-state index in [1.54, 1.807) is 0 Å². The SMILES string of the molecule is CC1CCC(C2CCC(CCc3cc(F)c(-c4ccc5c(F)c(C#CC(F)(F)F)c(F)cc5c4)c(F)c3)OC2)CC1. The Hall–Kier alpha value is -3.05. The second kappa shape index (κ2) is 12.1. The molecule has 0 N–H and O–H groups in total. The first-order chi connectivity index (χ1) is 19.5. The van der Waals surface area contributed by atoms with E-state index in [1.807, 2.05) is 0 Å². The number of hydrogen-bond acceptors (Lipinski definition) is 1. The van der Waals surface area contributed by atoms with Crippen LogP contribution in [0.1, 0.15) is 63.0 Å². The van der Waals surface area contributed by atoms with Crippen LogP contribution in [0.2, 0.25) is 0 Å². The van der Waals surface area contributed by atoms with Gasteiger partial charge in [-0.2, -0.15) is 13.2 Å². The molecule has 1 heterocycles. The summed E-state index contributed by atoms with van der Waals surface area (Å²) in [6.07, 6.45) is 3.39. The van der Waals surface area contributed by atoms with Gasteiger partial charge in [-0.1, -0.05) is 37.8 Å². The van der Waals surface area contributed by atoms with E-state index in [9.17, 15) is 22.0 Å². The molecule has 1 saturated carbocycles. The number of halogens is 7. The van der Waals surface area contributed by atoms with Gasteiger partial charge >= 0.3 is 6.18 Å². The van der Waals surface area contributed by atoms with Gasteiger partial charge in [0.15, 0.2) is 0 Å². The van der Waals surface area contributed by atoms with Crippen LogP contribution in [-0.2, 0) is 11.2 Å². The lowest BCUT2D eigenvalue weighted by atomic mass is 9.74. The average molecular weight is 577 g/mol. The number of hydrogen-bond donors (Lipinski definition) is 0. The molecule has 3 aromatic carbocycles. The van der Waals surface area contributed by atoms with Crippen LogP contribution in [0.3, 0.4) is 0 Å². The second-order valence-corrected chi connectivity index (χ2v) is 11.5. The minimum atomic E-state index is -4.92. The quantitative estimate of drug-likeness (QED) is 0.217. The number of ether oxygens (including phenoxy) is 1. The Balaban J connectivity index is 1.27. The molecule has 2 fully saturated rings. The highest BCUT2D eigenvalue weighted by Crippen LogP contribution is 2.38. The molecular weight excluding hydrogens is 545 g/mol. The molecule has 41 heavy (non-hydrogen) atoms. The van der Waals surface area contributed by atoms with Gasteiger partial charge < -0.3 is 4.74 Å². The van der Waals surface area contributed by atoms with E-state index in [0.717, 1.165) is 49.3 Å². The maximum absolute atomic E-state index is 15.1. The summed E-state index contributed by atoms with van der Waals surface area (Å²) < 4.78 is 103. The van der Waals surface area contributed by atoms with Crippen molar-refractivity contribution in [2.24, 2.45) is 17.8 Å². The van der Waals surface area contributed by atoms with Crippen LogP contribution in [0.25, 0.3) is 21.9 Å². The molecule has 0 amide bonds. The molecule has 0 radical (unpaired) electrons. The largest absolute Gasteiger partial charge is 0.458 e. The summed E-state index contributed by atoms with van der Waals surface area (Å²) in [5.41, 5.74) is -0.839. The van der Waals surface area contributed by atoms with Crippen molar-refractivity contribution >= 4 is 10.8 Å². The molecule has 1 saturated heterocycles. The van der Waals surface area contributed by atoms with E-state index in [1.165, 1.54) is 55.9 Å². The van der Waals surface area contributed by atoms with Crippen LogP contribution in [0.15, 0.2) is 36.4 Å². The van der Waals surface area contributed by atoms with Crippen molar-refractivity contribution in [3.05, 3.63) is 70.8 Å². The van der Waals surface area contributed by atoms with Crippen molar-refractivity contribution in [1.82, 2.24) is 0 Å². The van der Waals surface area contributed by atoms with E-state index in [2.05, 4.69) is 6.92 Å². The number of benzene rings is 3. The van der Waals surface area contributed by atoms with Gasteiger partial charge in [-0.3, -0.25) is 0 Å². The van der Waals surface area contributed by atoms with E-state index >= 15 is 8.78 Å². The smallest absolute Gasteiger partial charge is 0.378 e. The highest BCUT2D eigenvalue weighted by molar-refractivity contribution is 5.89. The standard InChI is InChI=1S/C33H31F7O/c1-19-2-5-21(6-3-19)23-7-10-25(41-18-23)9-4-20-14-29(35)31(30(36)15-20)22-8-11-26-24(16-22)17-28(34)27(32(26)37)12-13-33(38,39)40/h8,11,14-17,19,21,23,25H,2-7,9-10,18H2,1H3. The Morgan fingerprint density at radius 2 is 1.51 bits per heavy atom. The Morgan fingerprint density at radius 1 is 0.829 bits per heavy atom. The minimum Gasteiger partial charge on any atom is -0.378 e. The van der Waals surface area contributed by atoms with Gasteiger partial charge in [0.1, 0.15) is 23.3 Å². The molecular formula is C33H31F7O. The van der Waals surface area contributed by atoms with Gasteiger partial charge in [0, 0.05) is 11.3 Å². The van der Waals surface area contributed by atoms with E-state index in [-0.39, 0.29) is 28.0 Å². The van der Waals surface area contributed by atoms with Gasteiger partial charge in [0.2, 0.25) is 0 Å². The molecule has 2 aliphatic rings. The molecule has 5 rings (SSSR count). The Bertz CT molecular complexity index is 1440. The number of aryl methyl sites for hydroxylation is 1. The molecule has 218 valence electrons. The topological polar surface area (TPSA) is 9.23 Å². The first-order valence-electron chi connectivity index (χ1n) is 14.1. The molecule has 1 nitrogen and oxygen atoms in total. The Morgan fingerprint density at radius 3 is 2.15 bits per heavy atom. The fourth-order valence-electron chi connectivity index (χ4n) is 6.29. The zero-order valence-corrected chi connectivity index (χ0v) is 22.7. The first kappa shape index (κ1) is 29.4. The van der Waals surface area contributed by atoms with Crippen LogP contribution in [-0.4, -0.2) is 18.9 Å². The van der Waals surface area contributed by atoms with Crippen LogP contribution < -0.4 is 0 Å². The minimum absolute atomic E-state index is 0.0470. The third kappa shape index (κ3) is 6.89. The van der Waals surface area contributed by atoms with Crippen molar-refractivity contribution in [1.29, 1.82) is 0 Å². The lowest BCUT2D eigenvalue weighted by molar-refractivity contribution is -0.0696. The molecule has 2 atom stereocenters. The first-order valence-corrected chi connectivity index (χ1v) is 14.1. The Kier molecular flexibility index (Phi) is 8.65. The maximum Gasteiger partial charge on any atom is 0.458 e. The average Bonchev–Trinajstić information content (AvgIpc) is 2.91. The zero-order chi connectivity index (χ0) is 29.3. The molecule has 0 spiro atoms. The molecule has 8 heteroatoms. The number of rotatable bonds is 5. The van der Waals surface area contributed by atoms with Crippen molar-refractivity contribution in [2.45, 2.75) is 70.6 Å². The lowest BCUT2D eigenvalue weighted by Gasteiger charge is -2.37. The van der Waals surface area contributed by atoms with Crippen LogP contribution in [0, 0.1) is 52.9 Å². The number of alkyl halides is 3. The summed E-state index contributed by atoms with van der Waals surface area (Å²) in [7, 11) is 0. The second-order valence-electron chi connectivity index (χ2n) is 11.5. The van der Waals surface area contributed by atoms with E-state index in [0.29, 0.717) is 24.3 Å². The van der Waals surface area contributed by atoms with Crippen LogP contribution >= 0.6 is 0 Å². The molecule has 3 aromatic rings. The van der Waals surface area contributed by atoms with Crippen molar-refractivity contribution in [2.75, 3.05) is 6.61 Å². The van der Waals surface area contributed by atoms with Crippen LogP contribution in [0.4, 0.5) is 30.7 Å². The maximum atomic E-state index is 15.1. The van der Waals surface area contributed by atoms with Crippen molar-refractivity contribution in [3.8, 4) is 23.0 Å². The van der Waals surface area contributed by atoms with Crippen molar-refractivity contribution in [3.63, 3.8) is 0 Å². The van der Waals surface area contributed by atoms with Gasteiger partial charge in [-0.05, 0) is 97.1 Å². The summed E-state index contributed by atoms with van der Waals surface area (Å²) in [6, 6.07) is 6.90. The van der Waals surface area contributed by atoms with Crippen LogP contribution in [0.5, 0.6) is 0 Å². The molecule has 1 aliphatic heterocycles. The zero-order valence-electron chi connectivity index (χ0n) is 22.7. The summed E-state index contributed by atoms with van der Waals surface area (Å²) in [4.78, 5) is 0. The van der Waals surface area contributed by atoms with E-state index in [4.69, 9.17) is 4.74 Å². The summed E-state index contributed by atoms with van der Waals surface area (Å²) in [5, 5.41) is -0.278. The molecule has 1 aliphatic carbocycles. The van der Waals surface area contributed by atoms with Gasteiger partial charge in [-0.25, -0.2) is 17.6 Å². The summed E-state index contributed by atoms with van der Waals surface area (Å²) in [6.45, 7) is 3.05. The lowest BCUT2D eigenvalue weighted by Crippen LogP contribution is -2.32. The molecule has 0 bridgehead atoms. The highest BCUT2D eigenvalue weighted by atomic mass is 19.4. The fourth-order valence-corrected chi connectivity index (χ4v) is 6.29.